The molecule has 0 saturated carbocycles. The molecular weight excluding hydrogens is 228 g/mol. The number of fused-ring (bicyclic) bond motifs is 1. The average Bonchev–Trinajstić information content (AvgIpc) is 2.63. The van der Waals surface area contributed by atoms with Crippen molar-refractivity contribution in [3.63, 3.8) is 0 Å². The van der Waals surface area contributed by atoms with Crippen molar-refractivity contribution in [2.24, 2.45) is 0 Å². The van der Waals surface area contributed by atoms with Gasteiger partial charge in [-0.2, -0.15) is 0 Å². The topological polar surface area (TPSA) is 63.4 Å². The van der Waals surface area contributed by atoms with E-state index in [0.717, 1.165) is 12.8 Å². The van der Waals surface area contributed by atoms with Gasteiger partial charge in [-0.25, -0.2) is 0 Å². The van der Waals surface area contributed by atoms with E-state index in [4.69, 9.17) is 5.73 Å². The Kier molecular flexibility index (Phi) is 2.89. The first kappa shape index (κ1) is 12.6. The Bertz CT molecular complexity index is 519. The molecule has 0 atom stereocenters. The lowest BCUT2D eigenvalue weighted by Crippen LogP contribution is -2.48. The molecule has 2 N–H and O–H groups in total. The Morgan fingerprint density at radius 3 is 2.28 bits per heavy atom. The van der Waals surface area contributed by atoms with Gasteiger partial charge in [-0.15, -0.1) is 0 Å². The maximum absolute atomic E-state index is 12.4. The van der Waals surface area contributed by atoms with Gasteiger partial charge in [0.1, 0.15) is 0 Å². The van der Waals surface area contributed by atoms with Gasteiger partial charge in [-0.3, -0.25) is 14.5 Å². The minimum Gasteiger partial charge on any atom is -0.398 e. The number of imide groups is 1. The number of anilines is 1. The van der Waals surface area contributed by atoms with E-state index in [9.17, 15) is 9.59 Å². The van der Waals surface area contributed by atoms with Gasteiger partial charge in [0.05, 0.1) is 11.1 Å². The van der Waals surface area contributed by atoms with Crippen LogP contribution in [0.5, 0.6) is 0 Å². The Morgan fingerprint density at radius 1 is 1.17 bits per heavy atom. The Balaban J connectivity index is 2.56. The second kappa shape index (κ2) is 4.12. The van der Waals surface area contributed by atoms with Crippen LogP contribution in [0.15, 0.2) is 18.2 Å². The zero-order valence-electron chi connectivity index (χ0n) is 11.0. The number of nitrogens with two attached hydrogens (primary N) is 1. The molecule has 0 fully saturated rings. The lowest BCUT2D eigenvalue weighted by Gasteiger charge is -2.35. The van der Waals surface area contributed by atoms with Gasteiger partial charge in [0.15, 0.2) is 0 Å². The third kappa shape index (κ3) is 1.52. The van der Waals surface area contributed by atoms with Gasteiger partial charge in [-0.05, 0) is 31.9 Å². The van der Waals surface area contributed by atoms with Gasteiger partial charge < -0.3 is 5.73 Å². The lowest BCUT2D eigenvalue weighted by atomic mass is 9.93. The third-order valence-corrected chi connectivity index (χ3v) is 4.01. The van der Waals surface area contributed by atoms with Crippen LogP contribution in [-0.4, -0.2) is 22.3 Å². The molecule has 96 valence electrons. The highest BCUT2D eigenvalue weighted by molar-refractivity contribution is 6.24. The fourth-order valence-corrected chi connectivity index (χ4v) is 2.37. The van der Waals surface area contributed by atoms with Crippen LogP contribution in [-0.2, 0) is 0 Å². The fourth-order valence-electron chi connectivity index (χ4n) is 2.37. The normalized spacial score (nSPS) is 15.2. The average molecular weight is 246 g/mol. The number of hydrogen-bond donors (Lipinski definition) is 1. The van der Waals surface area contributed by atoms with Gasteiger partial charge in [0.2, 0.25) is 0 Å². The number of amides is 2. The molecule has 1 aliphatic heterocycles. The SMILES string of the molecule is CCC(C)(CC)N1C(=O)c2cccc(N)c2C1=O. The number of carbonyl (C=O) groups is 2. The molecule has 2 rings (SSSR count). The molecular formula is C14H18N2O2. The summed E-state index contributed by atoms with van der Waals surface area (Å²) >= 11 is 0. The number of rotatable bonds is 3. The Labute approximate surface area is 107 Å². The maximum Gasteiger partial charge on any atom is 0.264 e. The number of nitrogens with zero attached hydrogens (tertiary/aromatic N) is 1. The van der Waals surface area contributed by atoms with Crippen molar-refractivity contribution >= 4 is 17.5 Å². The summed E-state index contributed by atoms with van der Waals surface area (Å²) in [6.07, 6.45) is 1.46. The van der Waals surface area contributed by atoms with E-state index in [0.29, 0.717) is 16.8 Å². The second-order valence-corrected chi connectivity index (χ2v) is 4.92. The second-order valence-electron chi connectivity index (χ2n) is 4.92. The first-order valence-electron chi connectivity index (χ1n) is 6.23. The summed E-state index contributed by atoms with van der Waals surface area (Å²) in [6.45, 7) is 5.90. The van der Waals surface area contributed by atoms with E-state index >= 15 is 0 Å². The molecule has 0 aliphatic carbocycles. The van der Waals surface area contributed by atoms with Crippen LogP contribution in [0.4, 0.5) is 5.69 Å². The van der Waals surface area contributed by atoms with E-state index in [1.165, 1.54) is 4.90 Å². The van der Waals surface area contributed by atoms with Gasteiger partial charge >= 0.3 is 0 Å². The van der Waals surface area contributed by atoms with E-state index in [1.54, 1.807) is 18.2 Å². The van der Waals surface area contributed by atoms with Crippen LogP contribution in [0.1, 0.15) is 54.3 Å². The largest absolute Gasteiger partial charge is 0.398 e. The molecule has 0 radical (unpaired) electrons. The molecule has 18 heavy (non-hydrogen) atoms. The standard InChI is InChI=1S/C14H18N2O2/c1-4-14(3,5-2)16-12(17)9-7-6-8-10(15)11(9)13(16)18/h6-8H,4-5,15H2,1-3H3. The van der Waals surface area contributed by atoms with Crippen molar-refractivity contribution < 1.29 is 9.59 Å². The van der Waals surface area contributed by atoms with Crippen molar-refractivity contribution in [2.45, 2.75) is 39.2 Å². The quantitative estimate of drug-likeness (QED) is 0.658. The van der Waals surface area contributed by atoms with E-state index in [1.807, 2.05) is 20.8 Å². The summed E-state index contributed by atoms with van der Waals surface area (Å²) < 4.78 is 0. The first-order valence-corrected chi connectivity index (χ1v) is 6.23. The molecule has 2 amide bonds. The number of nitrogen functional groups attached to an aromatic ring is 1. The number of carbonyl (C=O) groups excluding carboxylic acids is 2. The molecule has 0 bridgehead atoms. The van der Waals surface area contributed by atoms with Crippen LogP contribution in [0.25, 0.3) is 0 Å². The van der Waals surface area contributed by atoms with Crippen LogP contribution in [0, 0.1) is 0 Å². The monoisotopic (exact) mass is 246 g/mol. The highest BCUT2D eigenvalue weighted by atomic mass is 16.2. The van der Waals surface area contributed by atoms with Crippen molar-refractivity contribution in [1.82, 2.24) is 4.90 Å². The third-order valence-electron chi connectivity index (χ3n) is 4.01. The summed E-state index contributed by atoms with van der Waals surface area (Å²) in [5.41, 5.74) is 6.53. The zero-order chi connectivity index (χ0) is 13.5. The molecule has 4 nitrogen and oxygen atoms in total. The van der Waals surface area contributed by atoms with Gasteiger partial charge in [0.25, 0.3) is 11.8 Å². The highest BCUT2D eigenvalue weighted by Crippen LogP contribution is 2.35. The summed E-state index contributed by atoms with van der Waals surface area (Å²) in [4.78, 5) is 26.2. The maximum atomic E-state index is 12.4. The summed E-state index contributed by atoms with van der Waals surface area (Å²) in [6, 6.07) is 5.03. The highest BCUT2D eigenvalue weighted by Gasteiger charge is 2.45. The molecule has 1 aliphatic rings. The van der Waals surface area contributed by atoms with Crippen LogP contribution < -0.4 is 5.73 Å². The molecule has 0 saturated heterocycles. The minimum absolute atomic E-state index is 0.228. The number of hydrogen-bond acceptors (Lipinski definition) is 3. The van der Waals surface area contributed by atoms with E-state index in [2.05, 4.69) is 0 Å². The van der Waals surface area contributed by atoms with E-state index < -0.39 is 5.54 Å². The zero-order valence-corrected chi connectivity index (χ0v) is 11.0. The van der Waals surface area contributed by atoms with Crippen LogP contribution >= 0.6 is 0 Å². The molecule has 0 unspecified atom stereocenters. The molecule has 1 heterocycles. The summed E-state index contributed by atoms with van der Waals surface area (Å²) in [7, 11) is 0. The van der Waals surface area contributed by atoms with E-state index in [-0.39, 0.29) is 11.8 Å². The summed E-state index contributed by atoms with van der Waals surface area (Å²) in [5.74, 6) is -0.493. The smallest absolute Gasteiger partial charge is 0.264 e. The van der Waals surface area contributed by atoms with Crippen molar-refractivity contribution in [3.05, 3.63) is 29.3 Å². The predicted molar refractivity (Wildman–Crippen MR) is 70.3 cm³/mol. The molecule has 0 spiro atoms. The molecule has 4 heteroatoms. The van der Waals surface area contributed by atoms with Crippen molar-refractivity contribution in [1.29, 1.82) is 0 Å². The fraction of sp³-hybridized carbons (Fsp3) is 0.429. The molecule has 1 aromatic rings. The van der Waals surface area contributed by atoms with Crippen molar-refractivity contribution in [3.8, 4) is 0 Å². The molecule has 0 aromatic heterocycles. The van der Waals surface area contributed by atoms with Crippen LogP contribution in [0.2, 0.25) is 0 Å². The van der Waals surface area contributed by atoms with Crippen molar-refractivity contribution in [2.75, 3.05) is 5.73 Å². The Morgan fingerprint density at radius 2 is 1.78 bits per heavy atom. The number of benzene rings is 1. The van der Waals surface area contributed by atoms with Crippen LogP contribution in [0.3, 0.4) is 0 Å². The van der Waals surface area contributed by atoms with Gasteiger partial charge in [0, 0.05) is 11.2 Å². The Hall–Kier alpha value is -1.84. The summed E-state index contributed by atoms with van der Waals surface area (Å²) in [5, 5.41) is 0. The van der Waals surface area contributed by atoms with Gasteiger partial charge in [-0.1, -0.05) is 19.9 Å². The lowest BCUT2D eigenvalue weighted by molar-refractivity contribution is 0.0435. The minimum atomic E-state index is -0.445. The molecule has 1 aromatic carbocycles. The first-order chi connectivity index (χ1) is 8.46. The predicted octanol–water partition coefficient (Wildman–Crippen LogP) is 2.44.